The number of ether oxygens (including phenoxy) is 2. The molecule has 0 aromatic heterocycles. The number of hydrogen-bond acceptors (Lipinski definition) is 4. The molecule has 0 spiro atoms. The van der Waals surface area contributed by atoms with Gasteiger partial charge in [-0.25, -0.2) is 9.59 Å². The van der Waals surface area contributed by atoms with Crippen molar-refractivity contribution in [2.45, 2.75) is 134 Å². The number of amides is 2. The average molecular weight is 439 g/mol. The molecule has 0 radical (unpaired) electrons. The Morgan fingerprint density at radius 3 is 1.39 bits per heavy atom. The normalized spacial score (nSPS) is 19.9. The van der Waals surface area contributed by atoms with E-state index in [0.717, 1.165) is 96.3 Å². The van der Waals surface area contributed by atoms with Crippen LogP contribution in [0.3, 0.4) is 0 Å². The smallest absolute Gasteiger partial charge is 0.407 e. The highest BCUT2D eigenvalue weighted by Gasteiger charge is 2.44. The van der Waals surface area contributed by atoms with E-state index in [2.05, 4.69) is 24.5 Å². The minimum absolute atomic E-state index is 0.299. The molecule has 180 valence electrons. The first kappa shape index (κ1) is 25.8. The third-order valence-corrected chi connectivity index (χ3v) is 6.99. The van der Waals surface area contributed by atoms with Crippen LogP contribution in [0, 0.1) is 0 Å². The van der Waals surface area contributed by atoms with Crippen LogP contribution >= 0.6 is 0 Å². The predicted molar refractivity (Wildman–Crippen MR) is 124 cm³/mol. The summed E-state index contributed by atoms with van der Waals surface area (Å²) in [6, 6.07) is 0. The van der Waals surface area contributed by atoms with Gasteiger partial charge in [0.2, 0.25) is 0 Å². The van der Waals surface area contributed by atoms with E-state index in [1.165, 1.54) is 12.8 Å². The summed E-state index contributed by atoms with van der Waals surface area (Å²) in [7, 11) is 0. The molecule has 2 N–H and O–H groups in total. The zero-order valence-electron chi connectivity index (χ0n) is 20.1. The van der Waals surface area contributed by atoms with E-state index in [0.29, 0.717) is 13.2 Å². The van der Waals surface area contributed by atoms with Gasteiger partial charge in [-0.3, -0.25) is 0 Å². The summed E-state index contributed by atoms with van der Waals surface area (Å²) < 4.78 is 11.0. The van der Waals surface area contributed by atoms with Crippen molar-refractivity contribution in [2.24, 2.45) is 0 Å². The van der Waals surface area contributed by atoms with Crippen LogP contribution < -0.4 is 10.6 Å². The summed E-state index contributed by atoms with van der Waals surface area (Å²) in [5.74, 6) is 0. The Bertz CT molecular complexity index is 480. The molecular weight excluding hydrogens is 392 g/mol. The number of nitrogens with one attached hydrogen (secondary N) is 2. The molecule has 0 unspecified atom stereocenters. The van der Waals surface area contributed by atoms with E-state index in [1.807, 2.05) is 0 Å². The average Bonchev–Trinajstić information content (AvgIpc) is 2.75. The van der Waals surface area contributed by atoms with Crippen LogP contribution in [0.4, 0.5) is 9.59 Å². The second-order valence-electron chi connectivity index (χ2n) is 9.79. The Kier molecular flexibility index (Phi) is 11.5. The van der Waals surface area contributed by atoms with Crippen molar-refractivity contribution in [3.63, 3.8) is 0 Å². The van der Waals surface area contributed by atoms with E-state index in [-0.39, 0.29) is 23.3 Å². The van der Waals surface area contributed by atoms with E-state index < -0.39 is 0 Å². The molecule has 6 heteroatoms. The molecule has 2 fully saturated rings. The monoisotopic (exact) mass is 438 g/mol. The van der Waals surface area contributed by atoms with Crippen molar-refractivity contribution in [1.82, 2.24) is 10.6 Å². The molecule has 0 aromatic rings. The molecule has 2 rings (SSSR count). The SMILES string of the molecule is CCCCCOC(=O)NC1(CC2(NC(=O)OCCCCC)CCCCC2)CCCCC1. The van der Waals surface area contributed by atoms with E-state index >= 15 is 0 Å². The van der Waals surface area contributed by atoms with Crippen LogP contribution in [0.1, 0.15) is 123 Å². The van der Waals surface area contributed by atoms with Crippen LogP contribution in [0.2, 0.25) is 0 Å². The number of unbranched alkanes of at least 4 members (excludes halogenated alkanes) is 4. The highest BCUT2D eigenvalue weighted by molar-refractivity contribution is 5.69. The van der Waals surface area contributed by atoms with Gasteiger partial charge < -0.3 is 20.1 Å². The maximum Gasteiger partial charge on any atom is 0.407 e. The van der Waals surface area contributed by atoms with Gasteiger partial charge in [-0.15, -0.1) is 0 Å². The molecule has 0 bridgehead atoms. The summed E-state index contributed by atoms with van der Waals surface area (Å²) in [5, 5.41) is 6.52. The molecule has 2 amide bonds. The van der Waals surface area contributed by atoms with Crippen LogP contribution in [-0.2, 0) is 9.47 Å². The van der Waals surface area contributed by atoms with Crippen molar-refractivity contribution in [3.05, 3.63) is 0 Å². The number of carbonyl (C=O) groups excluding carboxylic acids is 2. The third-order valence-electron chi connectivity index (χ3n) is 6.99. The van der Waals surface area contributed by atoms with Crippen LogP contribution in [0.25, 0.3) is 0 Å². The minimum Gasteiger partial charge on any atom is -0.450 e. The van der Waals surface area contributed by atoms with Crippen LogP contribution in [0.15, 0.2) is 0 Å². The van der Waals surface area contributed by atoms with E-state index in [9.17, 15) is 9.59 Å². The first-order chi connectivity index (χ1) is 15.0. The lowest BCUT2D eigenvalue weighted by atomic mass is 9.68. The third kappa shape index (κ3) is 9.28. The Hall–Kier alpha value is -1.46. The van der Waals surface area contributed by atoms with Gasteiger partial charge in [-0.05, 0) is 44.9 Å². The Labute approximate surface area is 189 Å². The first-order valence-corrected chi connectivity index (χ1v) is 12.9. The molecule has 0 aromatic carbocycles. The second-order valence-corrected chi connectivity index (χ2v) is 9.79. The molecule has 2 aliphatic rings. The lowest BCUT2D eigenvalue weighted by Gasteiger charge is -2.47. The number of alkyl carbamates (subject to hydrolysis) is 2. The summed E-state index contributed by atoms with van der Waals surface area (Å²) in [6.07, 6.45) is 17.0. The quantitative estimate of drug-likeness (QED) is 0.336. The zero-order chi connectivity index (χ0) is 22.4. The van der Waals surface area contributed by atoms with Gasteiger partial charge in [0.1, 0.15) is 0 Å². The standard InChI is InChI=1S/C25H46N2O4/c1-3-5-13-19-30-22(28)26-24(15-9-7-10-16-24)21-25(17-11-8-12-18-25)27-23(29)31-20-14-6-4-2/h3-21H2,1-2H3,(H,26,28)(H,27,29). The van der Waals surface area contributed by atoms with Gasteiger partial charge in [-0.1, -0.05) is 78.1 Å². The van der Waals surface area contributed by atoms with Crippen molar-refractivity contribution < 1.29 is 19.1 Å². The number of rotatable bonds is 12. The second kappa shape index (κ2) is 13.8. The summed E-state index contributed by atoms with van der Waals surface area (Å²) in [5.41, 5.74) is -0.597. The topological polar surface area (TPSA) is 76.7 Å². The molecule has 0 heterocycles. The summed E-state index contributed by atoms with van der Waals surface area (Å²) in [4.78, 5) is 25.2. The van der Waals surface area contributed by atoms with E-state index in [1.54, 1.807) is 0 Å². The first-order valence-electron chi connectivity index (χ1n) is 12.9. The lowest BCUT2D eigenvalue weighted by Crippen LogP contribution is -2.60. The van der Waals surface area contributed by atoms with Gasteiger partial charge in [0.25, 0.3) is 0 Å². The van der Waals surface area contributed by atoms with Gasteiger partial charge in [0.05, 0.1) is 13.2 Å². The van der Waals surface area contributed by atoms with Gasteiger partial charge in [-0.2, -0.15) is 0 Å². The molecule has 0 aliphatic heterocycles. The largest absolute Gasteiger partial charge is 0.450 e. The Morgan fingerprint density at radius 1 is 0.645 bits per heavy atom. The van der Waals surface area contributed by atoms with Crippen molar-refractivity contribution in [1.29, 1.82) is 0 Å². The highest BCUT2D eigenvalue weighted by atomic mass is 16.6. The number of carbonyl (C=O) groups is 2. The molecule has 0 saturated heterocycles. The maximum absolute atomic E-state index is 12.6. The molecule has 31 heavy (non-hydrogen) atoms. The minimum atomic E-state index is -0.300. The van der Waals surface area contributed by atoms with Crippen molar-refractivity contribution >= 4 is 12.2 Å². The maximum atomic E-state index is 12.6. The van der Waals surface area contributed by atoms with Crippen molar-refractivity contribution in [2.75, 3.05) is 13.2 Å². The molecule has 2 aliphatic carbocycles. The molecular formula is C25H46N2O4. The fourth-order valence-corrected chi connectivity index (χ4v) is 5.34. The predicted octanol–water partition coefficient (Wildman–Crippen LogP) is 6.62. The lowest BCUT2D eigenvalue weighted by molar-refractivity contribution is 0.0827. The van der Waals surface area contributed by atoms with Gasteiger partial charge in [0.15, 0.2) is 0 Å². The highest BCUT2D eigenvalue weighted by Crippen LogP contribution is 2.41. The molecule has 6 nitrogen and oxygen atoms in total. The zero-order valence-corrected chi connectivity index (χ0v) is 20.1. The molecule has 0 atom stereocenters. The van der Waals surface area contributed by atoms with Gasteiger partial charge >= 0.3 is 12.2 Å². The summed E-state index contributed by atoms with van der Waals surface area (Å²) >= 11 is 0. The Balaban J connectivity index is 2.01. The fraction of sp³-hybridized carbons (Fsp3) is 0.920. The van der Waals surface area contributed by atoms with Gasteiger partial charge in [0, 0.05) is 11.1 Å². The molecule has 2 saturated carbocycles. The van der Waals surface area contributed by atoms with Crippen LogP contribution in [-0.4, -0.2) is 36.5 Å². The summed E-state index contributed by atoms with van der Waals surface area (Å²) in [6.45, 7) is 5.23. The van der Waals surface area contributed by atoms with Crippen LogP contribution in [0.5, 0.6) is 0 Å². The van der Waals surface area contributed by atoms with Crippen molar-refractivity contribution in [3.8, 4) is 0 Å². The number of hydrogen-bond donors (Lipinski definition) is 2. The van der Waals surface area contributed by atoms with E-state index in [4.69, 9.17) is 9.47 Å². The Morgan fingerprint density at radius 2 is 1.03 bits per heavy atom. The fourth-order valence-electron chi connectivity index (χ4n) is 5.34.